The molecule has 0 spiro atoms. The third kappa shape index (κ3) is 3.21. The molecule has 0 radical (unpaired) electrons. The van der Waals surface area contributed by atoms with Crippen molar-refractivity contribution in [1.29, 1.82) is 0 Å². The average molecular weight is 365 g/mol. The molecule has 1 aromatic heterocycles. The Morgan fingerprint density at radius 2 is 1.89 bits per heavy atom. The molecule has 2 aliphatic rings. The maximum Gasteiger partial charge on any atom is 0.252 e. The molecule has 1 saturated carbocycles. The van der Waals surface area contributed by atoms with Gasteiger partial charge in [-0.2, -0.15) is 4.31 Å². The fraction of sp³-hybridized carbons (Fsp3) is 0.667. The Balaban J connectivity index is 1.63. The first kappa shape index (κ1) is 14.0. The SMILES string of the molecule is O=S(=O)(c1ccc(Br)s1)N1CCN(CC2CC2)CC1. The molecule has 4 nitrogen and oxygen atoms in total. The highest BCUT2D eigenvalue weighted by Gasteiger charge is 2.31. The van der Waals surface area contributed by atoms with Gasteiger partial charge in [0.1, 0.15) is 4.21 Å². The normalized spacial score (nSPS) is 22.8. The lowest BCUT2D eigenvalue weighted by Gasteiger charge is -2.33. The van der Waals surface area contributed by atoms with Crippen molar-refractivity contribution in [3.8, 4) is 0 Å². The van der Waals surface area contributed by atoms with Gasteiger partial charge >= 0.3 is 0 Å². The lowest BCUT2D eigenvalue weighted by molar-refractivity contribution is 0.182. The Morgan fingerprint density at radius 1 is 1.21 bits per heavy atom. The van der Waals surface area contributed by atoms with E-state index in [0.717, 1.165) is 29.3 Å². The van der Waals surface area contributed by atoms with Crippen molar-refractivity contribution in [3.63, 3.8) is 0 Å². The second-order valence-electron chi connectivity index (χ2n) is 5.21. The van der Waals surface area contributed by atoms with Crippen LogP contribution in [0.3, 0.4) is 0 Å². The third-order valence-electron chi connectivity index (χ3n) is 3.69. The van der Waals surface area contributed by atoms with Crippen LogP contribution >= 0.6 is 27.3 Å². The second kappa shape index (κ2) is 5.44. The van der Waals surface area contributed by atoms with E-state index in [0.29, 0.717) is 17.3 Å². The molecule has 0 aromatic carbocycles. The van der Waals surface area contributed by atoms with Gasteiger partial charge in [0.15, 0.2) is 0 Å². The average Bonchev–Trinajstić information content (AvgIpc) is 3.08. The minimum Gasteiger partial charge on any atom is -0.300 e. The van der Waals surface area contributed by atoms with E-state index in [2.05, 4.69) is 20.8 Å². The molecule has 1 aliphatic heterocycles. The van der Waals surface area contributed by atoms with Crippen LogP contribution in [-0.2, 0) is 10.0 Å². The summed E-state index contributed by atoms with van der Waals surface area (Å²) in [7, 11) is -3.28. The largest absolute Gasteiger partial charge is 0.300 e. The van der Waals surface area contributed by atoms with Crippen LogP contribution in [0.15, 0.2) is 20.1 Å². The smallest absolute Gasteiger partial charge is 0.252 e. The van der Waals surface area contributed by atoms with Gasteiger partial charge in [-0.05, 0) is 46.8 Å². The predicted molar refractivity (Wildman–Crippen MR) is 79.9 cm³/mol. The Kier molecular flexibility index (Phi) is 4.01. The van der Waals surface area contributed by atoms with Gasteiger partial charge in [-0.1, -0.05) is 0 Å². The number of piperazine rings is 1. The van der Waals surface area contributed by atoms with Crippen LogP contribution in [0.1, 0.15) is 12.8 Å². The summed E-state index contributed by atoms with van der Waals surface area (Å²) in [6.07, 6.45) is 2.70. The minimum atomic E-state index is -3.28. The molecule has 106 valence electrons. The molecular weight excluding hydrogens is 348 g/mol. The van der Waals surface area contributed by atoms with Gasteiger partial charge in [0.25, 0.3) is 10.0 Å². The van der Waals surface area contributed by atoms with E-state index in [9.17, 15) is 8.42 Å². The topological polar surface area (TPSA) is 40.6 Å². The van der Waals surface area contributed by atoms with E-state index in [1.807, 2.05) is 0 Å². The van der Waals surface area contributed by atoms with Crippen molar-refractivity contribution in [2.24, 2.45) is 5.92 Å². The van der Waals surface area contributed by atoms with E-state index in [1.54, 1.807) is 16.4 Å². The van der Waals surface area contributed by atoms with Gasteiger partial charge in [-0.3, -0.25) is 0 Å². The van der Waals surface area contributed by atoms with E-state index >= 15 is 0 Å². The van der Waals surface area contributed by atoms with Crippen LogP contribution in [0.5, 0.6) is 0 Å². The van der Waals surface area contributed by atoms with Gasteiger partial charge in [-0.25, -0.2) is 8.42 Å². The standard InChI is InChI=1S/C12H17BrN2O2S2/c13-11-3-4-12(18-11)19(16,17)15-7-5-14(6-8-15)9-10-1-2-10/h3-4,10H,1-2,5-9H2. The Hall–Kier alpha value is 0.0500. The van der Waals surface area contributed by atoms with E-state index in [1.165, 1.54) is 24.2 Å². The van der Waals surface area contributed by atoms with Gasteiger partial charge < -0.3 is 4.90 Å². The molecule has 0 amide bonds. The van der Waals surface area contributed by atoms with Crippen molar-refractivity contribution >= 4 is 37.3 Å². The van der Waals surface area contributed by atoms with Gasteiger partial charge in [0.05, 0.1) is 3.79 Å². The maximum atomic E-state index is 12.4. The summed E-state index contributed by atoms with van der Waals surface area (Å²) in [5, 5.41) is 0. The molecule has 0 N–H and O–H groups in total. The fourth-order valence-electron chi connectivity index (χ4n) is 2.38. The van der Waals surface area contributed by atoms with Gasteiger partial charge in [0.2, 0.25) is 0 Å². The summed E-state index contributed by atoms with van der Waals surface area (Å²) in [6.45, 7) is 4.11. The Labute approximate surface area is 126 Å². The number of sulfonamides is 1. The highest BCUT2D eigenvalue weighted by Crippen LogP contribution is 2.31. The van der Waals surface area contributed by atoms with Crippen molar-refractivity contribution in [2.75, 3.05) is 32.7 Å². The molecule has 0 bridgehead atoms. The molecule has 2 heterocycles. The Morgan fingerprint density at radius 3 is 2.42 bits per heavy atom. The number of rotatable bonds is 4. The summed E-state index contributed by atoms with van der Waals surface area (Å²) < 4.78 is 27.8. The first-order valence-electron chi connectivity index (χ1n) is 6.53. The number of hydrogen-bond donors (Lipinski definition) is 0. The molecule has 7 heteroatoms. The molecule has 1 saturated heterocycles. The lowest BCUT2D eigenvalue weighted by Crippen LogP contribution is -2.48. The Bertz CT molecular complexity index is 546. The molecule has 0 atom stereocenters. The van der Waals surface area contributed by atoms with Crippen LogP contribution in [-0.4, -0.2) is 50.3 Å². The van der Waals surface area contributed by atoms with Crippen LogP contribution in [0.2, 0.25) is 0 Å². The number of halogens is 1. The summed E-state index contributed by atoms with van der Waals surface area (Å²) in [4.78, 5) is 2.40. The summed E-state index contributed by atoms with van der Waals surface area (Å²) >= 11 is 4.60. The summed E-state index contributed by atoms with van der Waals surface area (Å²) in [5.74, 6) is 0.872. The second-order valence-corrected chi connectivity index (χ2v) is 9.83. The molecule has 0 unspecified atom stereocenters. The van der Waals surface area contributed by atoms with Crippen molar-refractivity contribution in [1.82, 2.24) is 9.21 Å². The van der Waals surface area contributed by atoms with Gasteiger partial charge in [-0.15, -0.1) is 11.3 Å². The van der Waals surface area contributed by atoms with Crippen molar-refractivity contribution < 1.29 is 8.42 Å². The number of hydrogen-bond acceptors (Lipinski definition) is 4. The first-order chi connectivity index (χ1) is 9.05. The summed E-state index contributed by atoms with van der Waals surface area (Å²) in [5.41, 5.74) is 0. The van der Waals surface area contributed by atoms with Crippen LogP contribution in [0.4, 0.5) is 0 Å². The zero-order chi connectivity index (χ0) is 13.5. The quantitative estimate of drug-likeness (QED) is 0.822. The van der Waals surface area contributed by atoms with E-state index in [4.69, 9.17) is 0 Å². The zero-order valence-corrected chi connectivity index (χ0v) is 13.8. The summed E-state index contributed by atoms with van der Waals surface area (Å²) in [6, 6.07) is 3.47. The molecule has 1 aromatic rings. The lowest BCUT2D eigenvalue weighted by atomic mass is 10.3. The van der Waals surface area contributed by atoms with Gasteiger partial charge in [0, 0.05) is 32.7 Å². The van der Waals surface area contributed by atoms with Crippen molar-refractivity contribution in [3.05, 3.63) is 15.9 Å². The molecule has 19 heavy (non-hydrogen) atoms. The monoisotopic (exact) mass is 364 g/mol. The molecule has 3 rings (SSSR count). The maximum absolute atomic E-state index is 12.4. The number of nitrogens with zero attached hydrogens (tertiary/aromatic N) is 2. The van der Waals surface area contributed by atoms with E-state index < -0.39 is 10.0 Å². The predicted octanol–water partition coefficient (Wildman–Crippen LogP) is 2.23. The van der Waals surface area contributed by atoms with Crippen molar-refractivity contribution in [2.45, 2.75) is 17.1 Å². The first-order valence-corrected chi connectivity index (χ1v) is 9.58. The molecule has 1 aliphatic carbocycles. The zero-order valence-electron chi connectivity index (χ0n) is 10.6. The highest BCUT2D eigenvalue weighted by atomic mass is 79.9. The fourth-order valence-corrected chi connectivity index (χ4v) is 5.97. The van der Waals surface area contributed by atoms with Crippen LogP contribution in [0, 0.1) is 5.92 Å². The minimum absolute atomic E-state index is 0.440. The number of thiophene rings is 1. The van der Waals surface area contributed by atoms with Crippen LogP contribution < -0.4 is 0 Å². The molecule has 2 fully saturated rings. The van der Waals surface area contributed by atoms with E-state index in [-0.39, 0.29) is 0 Å². The highest BCUT2D eigenvalue weighted by molar-refractivity contribution is 9.11. The molecular formula is C12H17BrN2O2S2. The van der Waals surface area contributed by atoms with Crippen LogP contribution in [0.25, 0.3) is 0 Å². The third-order valence-corrected chi connectivity index (χ3v) is 7.68.